The first-order chi connectivity index (χ1) is 12.0. The molecule has 1 N–H and O–H groups in total. The van der Waals surface area contributed by atoms with E-state index in [0.717, 1.165) is 11.1 Å². The number of carbonyl (C=O) groups is 1. The van der Waals surface area contributed by atoms with Gasteiger partial charge in [-0.3, -0.25) is 4.79 Å². The number of amides is 1. The summed E-state index contributed by atoms with van der Waals surface area (Å²) in [7, 11) is 1.74. The van der Waals surface area contributed by atoms with Crippen molar-refractivity contribution in [2.75, 3.05) is 5.32 Å². The number of aromatic nitrogens is 4. The Labute approximate surface area is 154 Å². The number of rotatable bonds is 5. The van der Waals surface area contributed by atoms with Gasteiger partial charge in [0.25, 0.3) is 0 Å². The number of nitrogens with zero attached hydrogens (tertiary/aromatic N) is 4. The molecule has 3 rings (SSSR count). The molecule has 0 spiro atoms. The van der Waals surface area contributed by atoms with Gasteiger partial charge in [-0.05, 0) is 40.6 Å². The largest absolute Gasteiger partial charge is 0.325 e. The average molecular weight is 374 g/mol. The number of benzene rings is 2. The van der Waals surface area contributed by atoms with Gasteiger partial charge in [-0.15, -0.1) is 5.10 Å². The van der Waals surface area contributed by atoms with Crippen molar-refractivity contribution in [3.63, 3.8) is 0 Å². The molecule has 1 heterocycles. The maximum Gasteiger partial charge on any atom is 0.242 e. The van der Waals surface area contributed by atoms with E-state index < -0.39 is 5.25 Å². The molecule has 1 amide bonds. The maximum atomic E-state index is 12.9. The molecule has 2 aromatic carbocycles. The zero-order valence-corrected chi connectivity index (χ0v) is 15.3. The molecule has 0 fully saturated rings. The Balaban J connectivity index is 1.86. The van der Waals surface area contributed by atoms with Crippen LogP contribution in [0, 0.1) is 6.92 Å². The quantitative estimate of drug-likeness (QED) is 0.691. The third-order valence-electron chi connectivity index (χ3n) is 3.58. The minimum absolute atomic E-state index is 0.167. The molecule has 3 aromatic rings. The Morgan fingerprint density at radius 1 is 1.24 bits per heavy atom. The fraction of sp³-hybridized carbons (Fsp3) is 0.176. The summed E-state index contributed by atoms with van der Waals surface area (Å²) in [6.45, 7) is 1.91. The summed E-state index contributed by atoms with van der Waals surface area (Å²) in [4.78, 5) is 12.9. The molecule has 0 aliphatic heterocycles. The van der Waals surface area contributed by atoms with E-state index in [4.69, 9.17) is 11.6 Å². The average Bonchev–Trinajstić information content (AvgIpc) is 3.01. The van der Waals surface area contributed by atoms with Crippen LogP contribution in [0.1, 0.15) is 16.4 Å². The topological polar surface area (TPSA) is 72.7 Å². The minimum Gasteiger partial charge on any atom is -0.325 e. The van der Waals surface area contributed by atoms with Crippen LogP contribution >= 0.6 is 23.4 Å². The van der Waals surface area contributed by atoms with Crippen molar-refractivity contribution in [3.05, 3.63) is 64.7 Å². The third-order valence-corrected chi connectivity index (χ3v) is 5.27. The number of hydrogen-bond acceptors (Lipinski definition) is 5. The number of thioether (sulfide) groups is 1. The monoisotopic (exact) mass is 373 g/mol. The lowest BCUT2D eigenvalue weighted by Gasteiger charge is -2.16. The van der Waals surface area contributed by atoms with Crippen LogP contribution in [0.2, 0.25) is 5.02 Å². The summed E-state index contributed by atoms with van der Waals surface area (Å²) < 4.78 is 1.54. The highest BCUT2D eigenvalue weighted by Crippen LogP contribution is 2.34. The first-order valence-corrected chi connectivity index (χ1v) is 8.81. The molecule has 0 radical (unpaired) electrons. The van der Waals surface area contributed by atoms with Gasteiger partial charge in [0.15, 0.2) is 0 Å². The lowest BCUT2D eigenvalue weighted by molar-refractivity contribution is -0.115. The Hall–Kier alpha value is -2.38. The summed E-state index contributed by atoms with van der Waals surface area (Å²) in [6.07, 6.45) is 0. The van der Waals surface area contributed by atoms with Gasteiger partial charge < -0.3 is 5.32 Å². The molecule has 128 valence electrons. The summed E-state index contributed by atoms with van der Waals surface area (Å²) in [5.41, 5.74) is 2.48. The van der Waals surface area contributed by atoms with E-state index in [9.17, 15) is 4.79 Å². The van der Waals surface area contributed by atoms with Crippen LogP contribution < -0.4 is 5.32 Å². The smallest absolute Gasteiger partial charge is 0.242 e. The molecule has 0 bridgehead atoms. The number of carbonyl (C=O) groups excluding carboxylic acids is 1. The Bertz CT molecular complexity index is 884. The molecule has 0 unspecified atom stereocenters. The highest BCUT2D eigenvalue weighted by Gasteiger charge is 2.24. The van der Waals surface area contributed by atoms with Crippen LogP contribution in [0.4, 0.5) is 5.69 Å². The lowest BCUT2D eigenvalue weighted by Crippen LogP contribution is -2.19. The highest BCUT2D eigenvalue weighted by molar-refractivity contribution is 8.00. The molecule has 6 nitrogen and oxygen atoms in total. The van der Waals surface area contributed by atoms with Crippen molar-refractivity contribution in [3.8, 4) is 0 Å². The van der Waals surface area contributed by atoms with Crippen LogP contribution in [-0.2, 0) is 11.8 Å². The van der Waals surface area contributed by atoms with Crippen LogP contribution in [0.15, 0.2) is 53.7 Å². The Morgan fingerprint density at radius 3 is 2.64 bits per heavy atom. The lowest BCUT2D eigenvalue weighted by atomic mass is 10.1. The van der Waals surface area contributed by atoms with Gasteiger partial charge in [-0.2, -0.15) is 0 Å². The maximum absolute atomic E-state index is 12.9. The molecular weight excluding hydrogens is 358 g/mol. The molecule has 0 saturated heterocycles. The molecule has 1 aromatic heterocycles. The van der Waals surface area contributed by atoms with Crippen molar-refractivity contribution in [2.24, 2.45) is 7.05 Å². The first-order valence-electron chi connectivity index (χ1n) is 7.55. The standard InChI is InChI=1S/C17H16ClN5OS/c1-11-8-9-13(10-14(11)18)19-16(24)15(12-6-4-3-5-7-12)25-17-20-21-22-23(17)2/h3-10,15H,1-2H3,(H,19,24)/t15-/m1/s1. The number of nitrogens with one attached hydrogen (secondary N) is 1. The van der Waals surface area contributed by atoms with Crippen LogP contribution in [0.25, 0.3) is 0 Å². The zero-order chi connectivity index (χ0) is 17.8. The van der Waals surface area contributed by atoms with Crippen LogP contribution in [0.3, 0.4) is 0 Å². The van der Waals surface area contributed by atoms with Gasteiger partial charge >= 0.3 is 0 Å². The number of halogens is 1. The first kappa shape index (κ1) is 17.4. The third kappa shape index (κ3) is 4.18. The minimum atomic E-state index is -0.494. The summed E-state index contributed by atoms with van der Waals surface area (Å²) >= 11 is 7.44. The van der Waals surface area contributed by atoms with Gasteiger partial charge in [-0.1, -0.05) is 59.8 Å². The van der Waals surface area contributed by atoms with Crippen LogP contribution in [0.5, 0.6) is 0 Å². The van der Waals surface area contributed by atoms with Crippen molar-refractivity contribution < 1.29 is 4.79 Å². The molecule has 25 heavy (non-hydrogen) atoms. The summed E-state index contributed by atoms with van der Waals surface area (Å²) in [5, 5.41) is 15.0. The van der Waals surface area contributed by atoms with Crippen molar-refractivity contribution in [1.82, 2.24) is 20.2 Å². The van der Waals surface area contributed by atoms with Gasteiger partial charge in [0, 0.05) is 17.8 Å². The number of hydrogen-bond donors (Lipinski definition) is 1. The van der Waals surface area contributed by atoms with Gasteiger partial charge in [0.1, 0.15) is 5.25 Å². The number of aryl methyl sites for hydroxylation is 2. The predicted molar refractivity (Wildman–Crippen MR) is 98.7 cm³/mol. The number of anilines is 1. The van der Waals surface area contributed by atoms with E-state index in [2.05, 4.69) is 20.8 Å². The van der Waals surface area contributed by atoms with E-state index in [-0.39, 0.29) is 5.91 Å². The van der Waals surface area contributed by atoms with Crippen molar-refractivity contribution in [1.29, 1.82) is 0 Å². The summed E-state index contributed by atoms with van der Waals surface area (Å²) in [6, 6.07) is 15.0. The van der Waals surface area contributed by atoms with E-state index in [1.807, 2.05) is 49.4 Å². The molecule has 8 heteroatoms. The second-order valence-corrected chi connectivity index (χ2v) is 6.93. The molecule has 1 atom stereocenters. The van der Waals surface area contributed by atoms with Crippen molar-refractivity contribution in [2.45, 2.75) is 17.3 Å². The second kappa shape index (κ2) is 7.67. The predicted octanol–water partition coefficient (Wildman–Crippen LogP) is 3.64. The zero-order valence-electron chi connectivity index (χ0n) is 13.7. The Morgan fingerprint density at radius 2 is 2.00 bits per heavy atom. The van der Waals surface area contributed by atoms with E-state index in [1.165, 1.54) is 16.4 Å². The second-order valence-electron chi connectivity index (χ2n) is 5.45. The van der Waals surface area contributed by atoms with Gasteiger partial charge in [0.2, 0.25) is 11.1 Å². The highest BCUT2D eigenvalue weighted by atomic mass is 35.5. The normalized spacial score (nSPS) is 12.0. The fourth-order valence-corrected chi connectivity index (χ4v) is 3.33. The molecular formula is C17H16ClN5OS. The fourth-order valence-electron chi connectivity index (χ4n) is 2.21. The van der Waals surface area contributed by atoms with E-state index in [0.29, 0.717) is 15.9 Å². The Kier molecular flexibility index (Phi) is 5.35. The van der Waals surface area contributed by atoms with Crippen molar-refractivity contribution >= 4 is 35.0 Å². The van der Waals surface area contributed by atoms with E-state index >= 15 is 0 Å². The summed E-state index contributed by atoms with van der Waals surface area (Å²) in [5.74, 6) is -0.167. The number of tetrazole rings is 1. The molecule has 0 aliphatic rings. The van der Waals surface area contributed by atoms with Gasteiger partial charge in [0.05, 0.1) is 0 Å². The van der Waals surface area contributed by atoms with Gasteiger partial charge in [-0.25, -0.2) is 4.68 Å². The SMILES string of the molecule is Cc1ccc(NC(=O)[C@H](Sc2nnnn2C)c2ccccc2)cc1Cl. The van der Waals surface area contributed by atoms with Crippen LogP contribution in [-0.4, -0.2) is 26.1 Å². The molecule has 0 aliphatic carbocycles. The van der Waals surface area contributed by atoms with E-state index in [1.54, 1.807) is 13.1 Å². The molecule has 0 saturated carbocycles.